The number of carbonyl (C=O) groups excluding carboxylic acids is 1. The highest BCUT2D eigenvalue weighted by Gasteiger charge is 2.02. The van der Waals surface area contributed by atoms with Gasteiger partial charge in [0.25, 0.3) is 0 Å². The molecule has 3 N–H and O–H groups in total. The number of nitrogens with one attached hydrogen (secondary N) is 1. The van der Waals surface area contributed by atoms with Crippen LogP contribution >= 0.6 is 0 Å². The third-order valence-corrected chi connectivity index (χ3v) is 2.41. The van der Waals surface area contributed by atoms with Crippen LogP contribution in [0.4, 0.5) is 0 Å². The summed E-state index contributed by atoms with van der Waals surface area (Å²) in [4.78, 5) is 11.4. The molecular formula is C13H20N2O. The van der Waals surface area contributed by atoms with E-state index in [4.69, 9.17) is 5.73 Å². The maximum absolute atomic E-state index is 11.4. The van der Waals surface area contributed by atoms with Gasteiger partial charge >= 0.3 is 0 Å². The molecule has 1 unspecified atom stereocenters. The Kier molecular flexibility index (Phi) is 5.57. The van der Waals surface area contributed by atoms with E-state index in [2.05, 4.69) is 5.32 Å². The quantitative estimate of drug-likeness (QED) is 0.763. The van der Waals surface area contributed by atoms with E-state index >= 15 is 0 Å². The minimum Gasteiger partial charge on any atom is -0.356 e. The second-order valence-electron chi connectivity index (χ2n) is 4.10. The molecule has 88 valence electrons. The largest absolute Gasteiger partial charge is 0.356 e. The maximum atomic E-state index is 11.4. The molecule has 1 aromatic rings. The van der Waals surface area contributed by atoms with Gasteiger partial charge in [-0.15, -0.1) is 0 Å². The molecule has 0 heterocycles. The molecule has 0 fully saturated rings. The monoisotopic (exact) mass is 220 g/mol. The molecular weight excluding hydrogens is 200 g/mol. The maximum Gasteiger partial charge on any atom is 0.220 e. The van der Waals surface area contributed by atoms with E-state index in [1.54, 1.807) is 0 Å². The predicted octanol–water partition coefficient (Wildman–Crippen LogP) is 1.47. The Bertz CT molecular complexity index is 309. The van der Waals surface area contributed by atoms with Crippen molar-refractivity contribution in [3.05, 3.63) is 35.9 Å². The van der Waals surface area contributed by atoms with E-state index < -0.39 is 0 Å². The van der Waals surface area contributed by atoms with Gasteiger partial charge in [-0.1, -0.05) is 30.3 Å². The lowest BCUT2D eigenvalue weighted by Crippen LogP contribution is -2.29. The van der Waals surface area contributed by atoms with Crippen LogP contribution in [0.1, 0.15) is 25.3 Å². The van der Waals surface area contributed by atoms with E-state index in [0.29, 0.717) is 13.0 Å². The minimum absolute atomic E-state index is 0.101. The minimum atomic E-state index is 0.101. The molecule has 0 aliphatic heterocycles. The van der Waals surface area contributed by atoms with Gasteiger partial charge in [-0.25, -0.2) is 0 Å². The van der Waals surface area contributed by atoms with Gasteiger partial charge in [0.2, 0.25) is 5.91 Å². The zero-order valence-electron chi connectivity index (χ0n) is 9.78. The number of benzene rings is 1. The zero-order valence-corrected chi connectivity index (χ0v) is 9.78. The number of hydrogen-bond acceptors (Lipinski definition) is 2. The zero-order chi connectivity index (χ0) is 11.8. The molecule has 0 spiro atoms. The van der Waals surface area contributed by atoms with Crippen molar-refractivity contribution in [1.29, 1.82) is 0 Å². The van der Waals surface area contributed by atoms with Crippen LogP contribution in [0.5, 0.6) is 0 Å². The standard InChI is InChI=1S/C13H20N2O/c1-11(14)9-10-15-13(16)8-7-12-5-3-2-4-6-12/h2-6,11H,7-10,14H2,1H3,(H,15,16). The molecule has 1 amide bonds. The first kappa shape index (κ1) is 12.7. The van der Waals surface area contributed by atoms with E-state index in [9.17, 15) is 4.79 Å². The molecule has 1 aromatic carbocycles. The first-order valence-corrected chi connectivity index (χ1v) is 5.74. The summed E-state index contributed by atoms with van der Waals surface area (Å²) in [6.07, 6.45) is 2.17. The van der Waals surface area contributed by atoms with Gasteiger partial charge in [-0.2, -0.15) is 0 Å². The second-order valence-corrected chi connectivity index (χ2v) is 4.10. The first-order chi connectivity index (χ1) is 7.68. The predicted molar refractivity (Wildman–Crippen MR) is 66.0 cm³/mol. The topological polar surface area (TPSA) is 55.1 Å². The van der Waals surface area contributed by atoms with E-state index in [1.165, 1.54) is 5.56 Å². The first-order valence-electron chi connectivity index (χ1n) is 5.74. The molecule has 0 radical (unpaired) electrons. The van der Waals surface area contributed by atoms with Crippen LogP contribution < -0.4 is 11.1 Å². The number of amides is 1. The number of rotatable bonds is 6. The summed E-state index contributed by atoms with van der Waals surface area (Å²) in [5.41, 5.74) is 6.79. The van der Waals surface area contributed by atoms with Crippen LogP contribution in [-0.2, 0) is 11.2 Å². The Hall–Kier alpha value is -1.35. The Balaban J connectivity index is 2.16. The van der Waals surface area contributed by atoms with E-state index in [1.807, 2.05) is 37.3 Å². The smallest absolute Gasteiger partial charge is 0.220 e. The lowest BCUT2D eigenvalue weighted by molar-refractivity contribution is -0.121. The molecule has 0 saturated heterocycles. The Morgan fingerprint density at radius 1 is 1.38 bits per heavy atom. The third kappa shape index (κ3) is 5.51. The van der Waals surface area contributed by atoms with Gasteiger partial charge in [-0.05, 0) is 25.3 Å². The summed E-state index contributed by atoms with van der Waals surface area (Å²) in [6, 6.07) is 10.2. The van der Waals surface area contributed by atoms with Crippen LogP contribution in [-0.4, -0.2) is 18.5 Å². The van der Waals surface area contributed by atoms with Crippen molar-refractivity contribution in [2.75, 3.05) is 6.54 Å². The van der Waals surface area contributed by atoms with E-state index in [0.717, 1.165) is 12.8 Å². The van der Waals surface area contributed by atoms with Crippen LogP contribution in [0.3, 0.4) is 0 Å². The van der Waals surface area contributed by atoms with Crippen LogP contribution in [0, 0.1) is 0 Å². The molecule has 0 aliphatic rings. The van der Waals surface area contributed by atoms with Crippen molar-refractivity contribution in [3.8, 4) is 0 Å². The SMILES string of the molecule is CC(N)CCNC(=O)CCc1ccccc1. The van der Waals surface area contributed by atoms with Crippen molar-refractivity contribution < 1.29 is 4.79 Å². The average molecular weight is 220 g/mol. The fraction of sp³-hybridized carbons (Fsp3) is 0.462. The number of aryl methyl sites for hydroxylation is 1. The lowest BCUT2D eigenvalue weighted by Gasteiger charge is -2.07. The summed E-state index contributed by atoms with van der Waals surface area (Å²) in [7, 11) is 0. The second kappa shape index (κ2) is 7.01. The summed E-state index contributed by atoms with van der Waals surface area (Å²) in [5, 5.41) is 2.87. The highest BCUT2D eigenvalue weighted by Crippen LogP contribution is 2.01. The number of hydrogen-bond donors (Lipinski definition) is 2. The Morgan fingerprint density at radius 2 is 2.06 bits per heavy atom. The fourth-order valence-electron chi connectivity index (χ4n) is 1.43. The Labute approximate surface area is 97.0 Å². The normalized spacial score (nSPS) is 12.1. The number of carbonyl (C=O) groups is 1. The van der Waals surface area contributed by atoms with Gasteiger partial charge in [0, 0.05) is 19.0 Å². The Morgan fingerprint density at radius 3 is 2.69 bits per heavy atom. The molecule has 1 rings (SSSR count). The summed E-state index contributed by atoms with van der Waals surface area (Å²) in [6.45, 7) is 2.61. The summed E-state index contributed by atoms with van der Waals surface area (Å²) < 4.78 is 0. The van der Waals surface area contributed by atoms with Crippen LogP contribution in [0.25, 0.3) is 0 Å². The molecule has 1 atom stereocenters. The summed E-state index contributed by atoms with van der Waals surface area (Å²) >= 11 is 0. The van der Waals surface area contributed by atoms with Crippen molar-refractivity contribution in [1.82, 2.24) is 5.32 Å². The van der Waals surface area contributed by atoms with Gasteiger partial charge in [0.05, 0.1) is 0 Å². The van der Waals surface area contributed by atoms with Gasteiger partial charge in [0.1, 0.15) is 0 Å². The van der Waals surface area contributed by atoms with E-state index in [-0.39, 0.29) is 11.9 Å². The van der Waals surface area contributed by atoms with Crippen LogP contribution in [0.15, 0.2) is 30.3 Å². The molecule has 0 aromatic heterocycles. The van der Waals surface area contributed by atoms with Crippen molar-refractivity contribution in [2.24, 2.45) is 5.73 Å². The lowest BCUT2D eigenvalue weighted by atomic mass is 10.1. The average Bonchev–Trinajstić information content (AvgIpc) is 2.27. The van der Waals surface area contributed by atoms with Crippen molar-refractivity contribution >= 4 is 5.91 Å². The molecule has 0 bridgehead atoms. The molecule has 0 saturated carbocycles. The summed E-state index contributed by atoms with van der Waals surface area (Å²) in [5.74, 6) is 0.101. The van der Waals surface area contributed by atoms with Crippen molar-refractivity contribution in [2.45, 2.75) is 32.2 Å². The fourth-order valence-corrected chi connectivity index (χ4v) is 1.43. The van der Waals surface area contributed by atoms with Crippen molar-refractivity contribution in [3.63, 3.8) is 0 Å². The van der Waals surface area contributed by atoms with Crippen LogP contribution in [0.2, 0.25) is 0 Å². The van der Waals surface area contributed by atoms with Gasteiger partial charge in [-0.3, -0.25) is 4.79 Å². The van der Waals surface area contributed by atoms with Gasteiger partial charge < -0.3 is 11.1 Å². The highest BCUT2D eigenvalue weighted by atomic mass is 16.1. The number of nitrogens with two attached hydrogens (primary N) is 1. The van der Waals surface area contributed by atoms with Gasteiger partial charge in [0.15, 0.2) is 0 Å². The highest BCUT2D eigenvalue weighted by molar-refractivity contribution is 5.76. The molecule has 0 aliphatic carbocycles. The molecule has 3 heteroatoms. The molecule has 16 heavy (non-hydrogen) atoms. The molecule has 3 nitrogen and oxygen atoms in total. The third-order valence-electron chi connectivity index (χ3n) is 2.41.